The van der Waals surface area contributed by atoms with E-state index in [0.29, 0.717) is 10.8 Å². The van der Waals surface area contributed by atoms with E-state index < -0.39 is 6.10 Å². The van der Waals surface area contributed by atoms with Crippen LogP contribution in [0.1, 0.15) is 16.5 Å². The van der Waals surface area contributed by atoms with E-state index in [1.807, 2.05) is 30.3 Å². The lowest BCUT2D eigenvalue weighted by Gasteiger charge is -2.09. The molecule has 0 spiro atoms. The fourth-order valence-corrected chi connectivity index (χ4v) is 3.67. The van der Waals surface area contributed by atoms with E-state index in [0.717, 1.165) is 19.4 Å². The Hall–Kier alpha value is 0.130. The van der Waals surface area contributed by atoms with Crippen molar-refractivity contribution >= 4 is 54.8 Å². The van der Waals surface area contributed by atoms with Crippen molar-refractivity contribution < 1.29 is 5.11 Å². The molecule has 1 aromatic carbocycles. The second-order valence-electron chi connectivity index (χ2n) is 3.58. The highest BCUT2D eigenvalue weighted by molar-refractivity contribution is 9.10. The van der Waals surface area contributed by atoms with Crippen molar-refractivity contribution in [1.82, 2.24) is 0 Å². The van der Waals surface area contributed by atoms with E-state index in [2.05, 4.69) is 31.9 Å². The first kappa shape index (κ1) is 13.6. The largest absolute Gasteiger partial charge is 0.387 e. The quantitative estimate of drug-likeness (QED) is 0.756. The molecule has 17 heavy (non-hydrogen) atoms. The average Bonchev–Trinajstić information content (AvgIpc) is 2.63. The third kappa shape index (κ3) is 3.32. The van der Waals surface area contributed by atoms with Crippen LogP contribution in [-0.2, 0) is 6.42 Å². The molecular formula is C12H9Br2ClOS. The second kappa shape index (κ2) is 5.85. The Labute approximate surface area is 126 Å². The van der Waals surface area contributed by atoms with E-state index in [1.54, 1.807) is 0 Å². The lowest BCUT2D eigenvalue weighted by atomic mass is 10.1. The second-order valence-corrected chi connectivity index (χ2v) is 6.98. The molecule has 2 aromatic rings. The van der Waals surface area contributed by atoms with Gasteiger partial charge in [-0.3, -0.25) is 0 Å². The van der Waals surface area contributed by atoms with Crippen molar-refractivity contribution in [2.24, 2.45) is 0 Å². The molecule has 0 saturated carbocycles. The van der Waals surface area contributed by atoms with Crippen molar-refractivity contribution in [2.75, 3.05) is 0 Å². The molecule has 1 aromatic heterocycles. The number of aliphatic hydroxyl groups excluding tert-OH is 1. The number of thiophene rings is 1. The minimum absolute atomic E-state index is 0.525. The molecule has 1 nitrogen and oxygen atoms in total. The topological polar surface area (TPSA) is 20.2 Å². The molecule has 0 saturated heterocycles. The van der Waals surface area contributed by atoms with Gasteiger partial charge in [-0.05, 0) is 33.6 Å². The summed E-state index contributed by atoms with van der Waals surface area (Å²) in [7, 11) is 0. The minimum Gasteiger partial charge on any atom is -0.387 e. The molecule has 1 unspecified atom stereocenters. The summed E-state index contributed by atoms with van der Waals surface area (Å²) < 4.78 is 2.53. The first-order chi connectivity index (χ1) is 8.08. The zero-order chi connectivity index (χ0) is 12.4. The SMILES string of the molecule is OC(Cc1ccccc1Br)c1cc(Br)c(Cl)s1. The Morgan fingerprint density at radius 1 is 1.24 bits per heavy atom. The molecule has 0 aliphatic carbocycles. The van der Waals surface area contributed by atoms with E-state index in [9.17, 15) is 5.11 Å². The van der Waals surface area contributed by atoms with Gasteiger partial charge in [-0.2, -0.15) is 0 Å². The van der Waals surface area contributed by atoms with Gasteiger partial charge in [-0.25, -0.2) is 0 Å². The van der Waals surface area contributed by atoms with Gasteiger partial charge in [0, 0.05) is 20.2 Å². The Morgan fingerprint density at radius 3 is 2.53 bits per heavy atom. The summed E-state index contributed by atoms with van der Waals surface area (Å²) in [6.45, 7) is 0. The van der Waals surface area contributed by atoms with E-state index in [4.69, 9.17) is 11.6 Å². The maximum atomic E-state index is 10.1. The molecule has 90 valence electrons. The van der Waals surface area contributed by atoms with Gasteiger partial charge in [-0.1, -0.05) is 45.7 Å². The number of benzene rings is 1. The maximum Gasteiger partial charge on any atom is 0.107 e. The number of aliphatic hydroxyl groups is 1. The van der Waals surface area contributed by atoms with Crippen LogP contribution in [0, 0.1) is 0 Å². The van der Waals surface area contributed by atoms with Crippen LogP contribution in [0.5, 0.6) is 0 Å². The molecule has 2 rings (SSSR count). The predicted molar refractivity (Wildman–Crippen MR) is 79.8 cm³/mol. The molecule has 0 aliphatic heterocycles. The maximum absolute atomic E-state index is 10.1. The standard InChI is InChI=1S/C12H9Br2ClOS/c13-8-4-2-1-3-7(8)5-10(16)11-6-9(14)12(15)17-11/h1-4,6,10,16H,5H2. The molecule has 1 atom stereocenters. The van der Waals surface area contributed by atoms with Gasteiger partial charge in [-0.15, -0.1) is 11.3 Å². The van der Waals surface area contributed by atoms with Gasteiger partial charge in [0.05, 0.1) is 6.10 Å². The summed E-state index contributed by atoms with van der Waals surface area (Å²) >= 11 is 14.2. The van der Waals surface area contributed by atoms with Crippen molar-refractivity contribution in [3.63, 3.8) is 0 Å². The number of hydrogen-bond donors (Lipinski definition) is 1. The molecule has 0 aliphatic rings. The molecule has 1 N–H and O–H groups in total. The highest BCUT2D eigenvalue weighted by Gasteiger charge is 2.14. The van der Waals surface area contributed by atoms with Crippen LogP contribution in [0.3, 0.4) is 0 Å². The van der Waals surface area contributed by atoms with Gasteiger partial charge >= 0.3 is 0 Å². The van der Waals surface area contributed by atoms with Crippen LogP contribution >= 0.6 is 54.8 Å². The van der Waals surface area contributed by atoms with Crippen molar-refractivity contribution in [3.05, 3.63) is 54.1 Å². The van der Waals surface area contributed by atoms with Crippen LogP contribution < -0.4 is 0 Å². The van der Waals surface area contributed by atoms with Crippen molar-refractivity contribution in [1.29, 1.82) is 0 Å². The van der Waals surface area contributed by atoms with Gasteiger partial charge < -0.3 is 5.11 Å². The highest BCUT2D eigenvalue weighted by atomic mass is 79.9. The summed E-state index contributed by atoms with van der Waals surface area (Å²) in [5.41, 5.74) is 1.08. The summed E-state index contributed by atoms with van der Waals surface area (Å²) in [5.74, 6) is 0. The number of halogens is 3. The molecular weight excluding hydrogens is 387 g/mol. The monoisotopic (exact) mass is 394 g/mol. The van der Waals surface area contributed by atoms with Crippen LogP contribution in [0.25, 0.3) is 0 Å². The molecule has 1 heterocycles. The fourth-order valence-electron chi connectivity index (χ4n) is 1.50. The smallest absolute Gasteiger partial charge is 0.107 e. The molecule has 5 heteroatoms. The lowest BCUT2D eigenvalue weighted by molar-refractivity contribution is 0.182. The first-order valence-corrected chi connectivity index (χ1v) is 7.72. The number of hydrogen-bond acceptors (Lipinski definition) is 2. The fraction of sp³-hybridized carbons (Fsp3) is 0.167. The van der Waals surface area contributed by atoms with E-state index in [-0.39, 0.29) is 0 Å². The van der Waals surface area contributed by atoms with Gasteiger partial charge in [0.25, 0.3) is 0 Å². The Bertz CT molecular complexity index is 507. The molecule has 0 fully saturated rings. The minimum atomic E-state index is -0.525. The van der Waals surface area contributed by atoms with Crippen LogP contribution in [-0.4, -0.2) is 5.11 Å². The Kier molecular flexibility index (Phi) is 4.66. The van der Waals surface area contributed by atoms with E-state index >= 15 is 0 Å². The zero-order valence-corrected chi connectivity index (χ0v) is 13.4. The highest BCUT2D eigenvalue weighted by Crippen LogP contribution is 2.36. The first-order valence-electron chi connectivity index (χ1n) is 4.94. The lowest BCUT2D eigenvalue weighted by Crippen LogP contribution is -2.00. The third-order valence-corrected chi connectivity index (χ3v) is 5.71. The van der Waals surface area contributed by atoms with Gasteiger partial charge in [0.15, 0.2) is 0 Å². The summed E-state index contributed by atoms with van der Waals surface area (Å²) in [6, 6.07) is 9.76. The summed E-state index contributed by atoms with van der Waals surface area (Å²) in [6.07, 6.45) is 0.0486. The van der Waals surface area contributed by atoms with Gasteiger partial charge in [0.2, 0.25) is 0 Å². The van der Waals surface area contributed by atoms with Crippen molar-refractivity contribution in [2.45, 2.75) is 12.5 Å². The molecule has 0 amide bonds. The van der Waals surface area contributed by atoms with Crippen LogP contribution in [0.2, 0.25) is 4.34 Å². The summed E-state index contributed by atoms with van der Waals surface area (Å²) in [5, 5.41) is 10.1. The molecule has 0 radical (unpaired) electrons. The van der Waals surface area contributed by atoms with Gasteiger partial charge in [0.1, 0.15) is 4.34 Å². The Balaban J connectivity index is 2.17. The number of rotatable bonds is 3. The predicted octanol–water partition coefficient (Wildman–Crippen LogP) is 5.20. The van der Waals surface area contributed by atoms with Crippen LogP contribution in [0.4, 0.5) is 0 Å². The zero-order valence-electron chi connectivity index (χ0n) is 8.66. The third-order valence-electron chi connectivity index (χ3n) is 2.36. The van der Waals surface area contributed by atoms with E-state index in [1.165, 1.54) is 11.3 Å². The normalized spacial score (nSPS) is 12.7. The average molecular weight is 397 g/mol. The van der Waals surface area contributed by atoms with Crippen molar-refractivity contribution in [3.8, 4) is 0 Å². The molecule has 0 bridgehead atoms. The summed E-state index contributed by atoms with van der Waals surface area (Å²) in [4.78, 5) is 0.873. The van der Waals surface area contributed by atoms with Crippen LogP contribution in [0.15, 0.2) is 39.3 Å². The Morgan fingerprint density at radius 2 is 1.94 bits per heavy atom.